The molecule has 13 heavy (non-hydrogen) atoms. The van der Waals surface area contributed by atoms with Gasteiger partial charge in [0.15, 0.2) is 0 Å². The number of benzene rings is 1. The summed E-state index contributed by atoms with van der Waals surface area (Å²) < 4.78 is 0. The summed E-state index contributed by atoms with van der Waals surface area (Å²) >= 11 is 0. The van der Waals surface area contributed by atoms with Crippen LogP contribution >= 0.6 is 0 Å². The Morgan fingerprint density at radius 2 is 1.92 bits per heavy atom. The summed E-state index contributed by atoms with van der Waals surface area (Å²) in [7, 11) is 0. The van der Waals surface area contributed by atoms with Gasteiger partial charge in [-0.3, -0.25) is 0 Å². The van der Waals surface area contributed by atoms with Crippen LogP contribution in [0.5, 0.6) is 0 Å². The maximum Gasteiger partial charge on any atom is -0.0190 e. The van der Waals surface area contributed by atoms with E-state index in [1.54, 1.807) is 0 Å². The van der Waals surface area contributed by atoms with Crippen molar-refractivity contribution >= 4 is 5.57 Å². The highest BCUT2D eigenvalue weighted by molar-refractivity contribution is 5.66. The molecule has 0 N–H and O–H groups in total. The molecule has 0 aromatic heterocycles. The van der Waals surface area contributed by atoms with Crippen LogP contribution in [0.4, 0.5) is 0 Å². The molecule has 0 aliphatic carbocycles. The lowest BCUT2D eigenvalue weighted by molar-refractivity contribution is 0.717. The zero-order chi connectivity index (χ0) is 9.68. The van der Waals surface area contributed by atoms with Gasteiger partial charge in [-0.25, -0.2) is 0 Å². The summed E-state index contributed by atoms with van der Waals surface area (Å²) in [6.45, 7) is 6.63. The van der Waals surface area contributed by atoms with Gasteiger partial charge in [-0.15, -0.1) is 0 Å². The van der Waals surface area contributed by atoms with Crippen LogP contribution in [0.25, 0.3) is 5.57 Å². The van der Waals surface area contributed by atoms with Crippen LogP contribution < -0.4 is 0 Å². The van der Waals surface area contributed by atoms with E-state index in [0.717, 1.165) is 0 Å². The first-order chi connectivity index (χ1) is 6.29. The van der Waals surface area contributed by atoms with Gasteiger partial charge in [0.05, 0.1) is 0 Å². The molecule has 1 aromatic rings. The highest BCUT2D eigenvalue weighted by Gasteiger charge is 2.06. The number of hydrogen-bond acceptors (Lipinski definition) is 0. The summed E-state index contributed by atoms with van der Waals surface area (Å²) in [5.74, 6) is 0.660. The quantitative estimate of drug-likeness (QED) is 0.646. The third-order valence-corrected chi connectivity index (χ3v) is 2.56. The minimum atomic E-state index is 0.660. The van der Waals surface area contributed by atoms with E-state index in [9.17, 15) is 0 Å². The molecule has 0 saturated carbocycles. The normalized spacial score (nSPS) is 14.2. The molecule has 0 spiro atoms. The number of allylic oxidation sites excluding steroid dienone is 2. The Bertz CT molecular complexity index is 269. The van der Waals surface area contributed by atoms with Gasteiger partial charge in [0.2, 0.25) is 0 Å². The van der Waals surface area contributed by atoms with Crippen molar-refractivity contribution in [1.82, 2.24) is 0 Å². The van der Waals surface area contributed by atoms with Crippen molar-refractivity contribution in [2.45, 2.75) is 27.2 Å². The molecule has 0 heterocycles. The van der Waals surface area contributed by atoms with Crippen LogP contribution in [-0.4, -0.2) is 0 Å². The van der Waals surface area contributed by atoms with Crippen LogP contribution in [0.1, 0.15) is 32.8 Å². The van der Waals surface area contributed by atoms with Gasteiger partial charge in [0.25, 0.3) is 0 Å². The van der Waals surface area contributed by atoms with Crippen molar-refractivity contribution in [1.29, 1.82) is 0 Å². The van der Waals surface area contributed by atoms with Crippen LogP contribution in [-0.2, 0) is 0 Å². The molecule has 1 aromatic carbocycles. The van der Waals surface area contributed by atoms with Gasteiger partial charge in [0.1, 0.15) is 0 Å². The van der Waals surface area contributed by atoms with E-state index in [-0.39, 0.29) is 0 Å². The Hall–Kier alpha value is -1.04. The Balaban J connectivity index is 2.93. The van der Waals surface area contributed by atoms with E-state index in [4.69, 9.17) is 0 Å². The van der Waals surface area contributed by atoms with E-state index in [0.29, 0.717) is 5.92 Å². The Morgan fingerprint density at radius 3 is 2.38 bits per heavy atom. The van der Waals surface area contributed by atoms with Crippen molar-refractivity contribution < 1.29 is 0 Å². The maximum absolute atomic E-state index is 2.28. The summed E-state index contributed by atoms with van der Waals surface area (Å²) in [4.78, 5) is 0. The molecule has 0 bridgehead atoms. The molecule has 0 fully saturated rings. The molecule has 0 saturated heterocycles. The summed E-state index contributed by atoms with van der Waals surface area (Å²) in [6.07, 6.45) is 3.43. The first kappa shape index (κ1) is 10.0. The molecular formula is C13H18. The van der Waals surface area contributed by atoms with E-state index in [1.165, 1.54) is 17.6 Å². The highest BCUT2D eigenvalue weighted by atomic mass is 14.1. The molecule has 0 aliphatic rings. The van der Waals surface area contributed by atoms with Crippen molar-refractivity contribution in [3.05, 3.63) is 42.0 Å². The van der Waals surface area contributed by atoms with E-state index in [1.807, 2.05) is 0 Å². The fourth-order valence-corrected chi connectivity index (χ4v) is 1.59. The third-order valence-electron chi connectivity index (χ3n) is 2.56. The molecule has 0 amide bonds. The Kier molecular flexibility index (Phi) is 3.75. The predicted octanol–water partition coefficient (Wildman–Crippen LogP) is 4.14. The molecule has 0 heteroatoms. The van der Waals surface area contributed by atoms with Crippen molar-refractivity contribution in [2.75, 3.05) is 0 Å². The van der Waals surface area contributed by atoms with E-state index in [2.05, 4.69) is 57.2 Å². The lowest BCUT2D eigenvalue weighted by Crippen LogP contribution is -1.96. The first-order valence-corrected chi connectivity index (χ1v) is 5.01. The van der Waals surface area contributed by atoms with E-state index >= 15 is 0 Å². The second kappa shape index (κ2) is 4.86. The first-order valence-electron chi connectivity index (χ1n) is 5.01. The maximum atomic E-state index is 2.28. The van der Waals surface area contributed by atoms with Crippen molar-refractivity contribution in [3.8, 4) is 0 Å². The van der Waals surface area contributed by atoms with Gasteiger partial charge in [-0.2, -0.15) is 0 Å². The zero-order valence-electron chi connectivity index (χ0n) is 8.75. The van der Waals surface area contributed by atoms with Gasteiger partial charge >= 0.3 is 0 Å². The lowest BCUT2D eigenvalue weighted by Gasteiger charge is -2.13. The third kappa shape index (κ3) is 2.45. The second-order valence-electron chi connectivity index (χ2n) is 3.42. The monoisotopic (exact) mass is 174 g/mol. The molecular weight excluding hydrogens is 156 g/mol. The fourth-order valence-electron chi connectivity index (χ4n) is 1.59. The zero-order valence-corrected chi connectivity index (χ0v) is 8.75. The van der Waals surface area contributed by atoms with Crippen LogP contribution in [0, 0.1) is 5.92 Å². The SMILES string of the molecule is CC=C(c1ccccc1)C(C)CC. The molecule has 1 rings (SSSR count). The fraction of sp³-hybridized carbons (Fsp3) is 0.385. The number of hydrogen-bond donors (Lipinski definition) is 0. The summed E-state index contributed by atoms with van der Waals surface area (Å²) in [5.41, 5.74) is 2.82. The number of rotatable bonds is 3. The summed E-state index contributed by atoms with van der Waals surface area (Å²) in [5, 5.41) is 0. The largest absolute Gasteiger partial charge is 0.0836 e. The molecule has 1 unspecified atom stereocenters. The average molecular weight is 174 g/mol. The van der Waals surface area contributed by atoms with Crippen LogP contribution in [0.15, 0.2) is 36.4 Å². The minimum Gasteiger partial charge on any atom is -0.0836 e. The average Bonchev–Trinajstić information content (AvgIpc) is 2.20. The second-order valence-corrected chi connectivity index (χ2v) is 3.42. The predicted molar refractivity (Wildman–Crippen MR) is 59.5 cm³/mol. The highest BCUT2D eigenvalue weighted by Crippen LogP contribution is 2.24. The smallest absolute Gasteiger partial charge is 0.0190 e. The molecule has 0 nitrogen and oxygen atoms in total. The van der Waals surface area contributed by atoms with Gasteiger partial charge in [-0.05, 0) is 30.4 Å². The Morgan fingerprint density at radius 1 is 1.31 bits per heavy atom. The van der Waals surface area contributed by atoms with Crippen molar-refractivity contribution in [3.63, 3.8) is 0 Å². The molecule has 1 atom stereocenters. The molecule has 0 radical (unpaired) electrons. The van der Waals surface area contributed by atoms with Crippen LogP contribution in [0.2, 0.25) is 0 Å². The van der Waals surface area contributed by atoms with Crippen molar-refractivity contribution in [2.24, 2.45) is 5.92 Å². The standard InChI is InChI=1S/C13H18/c1-4-11(3)13(5-2)12-9-7-6-8-10-12/h5-11H,4H2,1-3H3. The van der Waals surface area contributed by atoms with Gasteiger partial charge in [0, 0.05) is 0 Å². The van der Waals surface area contributed by atoms with Gasteiger partial charge < -0.3 is 0 Å². The van der Waals surface area contributed by atoms with E-state index < -0.39 is 0 Å². The minimum absolute atomic E-state index is 0.660. The Labute approximate surface area is 81.3 Å². The van der Waals surface area contributed by atoms with Crippen LogP contribution in [0.3, 0.4) is 0 Å². The molecule has 70 valence electrons. The molecule has 0 aliphatic heterocycles. The topological polar surface area (TPSA) is 0 Å². The van der Waals surface area contributed by atoms with Gasteiger partial charge in [-0.1, -0.05) is 50.3 Å². The lowest BCUT2D eigenvalue weighted by atomic mass is 9.92. The summed E-state index contributed by atoms with van der Waals surface area (Å²) in [6, 6.07) is 10.6.